The average Bonchev–Trinajstić information content (AvgIpc) is 2.89. The molecule has 0 saturated heterocycles. The van der Waals surface area contributed by atoms with Crippen molar-refractivity contribution in [1.82, 2.24) is 0 Å². The van der Waals surface area contributed by atoms with Crippen LogP contribution in [-0.2, 0) is 12.8 Å². The smallest absolute Gasteiger partial charge is 0.203 e. The molecule has 0 spiro atoms. The molecular formula is C30H30O4. The third-order valence-electron chi connectivity index (χ3n) is 5.74. The van der Waals surface area contributed by atoms with Gasteiger partial charge in [0.05, 0.1) is 21.3 Å². The lowest BCUT2D eigenvalue weighted by Gasteiger charge is -2.20. The summed E-state index contributed by atoms with van der Waals surface area (Å²) >= 11 is 0. The SMILES string of the molecule is COc1cc(-c2cccc(CC(Cc3ccccc3)Oc3ccccc3)c2)cc(OC)c1OC. The zero-order valence-electron chi connectivity index (χ0n) is 19.9. The fraction of sp³-hybridized carbons (Fsp3) is 0.200. The van der Waals surface area contributed by atoms with E-state index in [0.717, 1.165) is 29.7 Å². The van der Waals surface area contributed by atoms with Gasteiger partial charge >= 0.3 is 0 Å². The van der Waals surface area contributed by atoms with Gasteiger partial charge < -0.3 is 18.9 Å². The fourth-order valence-electron chi connectivity index (χ4n) is 4.11. The second-order valence-electron chi connectivity index (χ2n) is 8.06. The van der Waals surface area contributed by atoms with Gasteiger partial charge in [-0.1, -0.05) is 72.8 Å². The normalized spacial score (nSPS) is 11.5. The van der Waals surface area contributed by atoms with E-state index in [1.807, 2.05) is 48.5 Å². The van der Waals surface area contributed by atoms with Crippen molar-refractivity contribution in [2.75, 3.05) is 21.3 Å². The molecule has 4 aromatic rings. The van der Waals surface area contributed by atoms with Crippen LogP contribution in [0, 0.1) is 0 Å². The first-order chi connectivity index (χ1) is 16.7. The first kappa shape index (κ1) is 23.2. The van der Waals surface area contributed by atoms with Crippen LogP contribution in [0.5, 0.6) is 23.0 Å². The summed E-state index contributed by atoms with van der Waals surface area (Å²) in [7, 11) is 4.87. The van der Waals surface area contributed by atoms with E-state index in [1.54, 1.807) is 21.3 Å². The van der Waals surface area contributed by atoms with Crippen molar-refractivity contribution in [2.24, 2.45) is 0 Å². The van der Waals surface area contributed by atoms with Crippen LogP contribution < -0.4 is 18.9 Å². The molecule has 4 heteroatoms. The van der Waals surface area contributed by atoms with Crippen LogP contribution in [0.2, 0.25) is 0 Å². The van der Waals surface area contributed by atoms with Gasteiger partial charge in [-0.3, -0.25) is 0 Å². The Labute approximate surface area is 201 Å². The minimum Gasteiger partial charge on any atom is -0.493 e. The highest BCUT2D eigenvalue weighted by Crippen LogP contribution is 2.41. The first-order valence-electron chi connectivity index (χ1n) is 11.3. The number of ether oxygens (including phenoxy) is 4. The molecule has 0 aromatic heterocycles. The quantitative estimate of drug-likeness (QED) is 0.270. The third kappa shape index (κ3) is 5.70. The molecule has 0 fully saturated rings. The molecule has 0 saturated carbocycles. The molecule has 0 heterocycles. The summed E-state index contributed by atoms with van der Waals surface area (Å²) in [6.45, 7) is 0. The molecule has 0 radical (unpaired) electrons. The van der Waals surface area contributed by atoms with Gasteiger partial charge in [-0.25, -0.2) is 0 Å². The Bertz CT molecular complexity index is 1120. The van der Waals surface area contributed by atoms with Crippen LogP contribution in [0.15, 0.2) is 97.1 Å². The Morgan fingerprint density at radius 2 is 1.15 bits per heavy atom. The van der Waals surface area contributed by atoms with Gasteiger partial charge in [-0.15, -0.1) is 0 Å². The van der Waals surface area contributed by atoms with Crippen LogP contribution in [0.1, 0.15) is 11.1 Å². The molecule has 1 unspecified atom stereocenters. The maximum atomic E-state index is 6.41. The third-order valence-corrected chi connectivity index (χ3v) is 5.74. The van der Waals surface area contributed by atoms with Gasteiger partial charge in [0, 0.05) is 12.8 Å². The number of methoxy groups -OCH3 is 3. The van der Waals surface area contributed by atoms with Crippen molar-refractivity contribution in [3.8, 4) is 34.1 Å². The lowest BCUT2D eigenvalue weighted by atomic mass is 9.97. The zero-order chi connectivity index (χ0) is 23.8. The zero-order valence-corrected chi connectivity index (χ0v) is 19.9. The Morgan fingerprint density at radius 3 is 1.76 bits per heavy atom. The number of hydrogen-bond acceptors (Lipinski definition) is 4. The van der Waals surface area contributed by atoms with E-state index in [1.165, 1.54) is 11.1 Å². The first-order valence-corrected chi connectivity index (χ1v) is 11.3. The highest BCUT2D eigenvalue weighted by Gasteiger charge is 2.16. The minimum absolute atomic E-state index is 0.00000962. The van der Waals surface area contributed by atoms with Crippen molar-refractivity contribution in [3.63, 3.8) is 0 Å². The molecule has 0 amide bonds. The van der Waals surface area contributed by atoms with Crippen molar-refractivity contribution >= 4 is 0 Å². The molecule has 174 valence electrons. The van der Waals surface area contributed by atoms with Crippen LogP contribution in [0.3, 0.4) is 0 Å². The second-order valence-corrected chi connectivity index (χ2v) is 8.06. The van der Waals surface area contributed by atoms with Gasteiger partial charge in [-0.05, 0) is 46.5 Å². The van der Waals surface area contributed by atoms with Crippen LogP contribution in [0.25, 0.3) is 11.1 Å². The summed E-state index contributed by atoms with van der Waals surface area (Å²) in [5, 5.41) is 0. The highest BCUT2D eigenvalue weighted by atomic mass is 16.5. The summed E-state index contributed by atoms with van der Waals surface area (Å²) in [4.78, 5) is 0. The molecule has 34 heavy (non-hydrogen) atoms. The molecule has 0 N–H and O–H groups in total. The molecule has 0 aliphatic heterocycles. The summed E-state index contributed by atoms with van der Waals surface area (Å²) in [5.41, 5.74) is 4.53. The van der Waals surface area contributed by atoms with Gasteiger partial charge in [0.25, 0.3) is 0 Å². The summed E-state index contributed by atoms with van der Waals surface area (Å²) in [6.07, 6.45) is 1.60. The van der Waals surface area contributed by atoms with Crippen LogP contribution in [0.4, 0.5) is 0 Å². The Morgan fingerprint density at radius 1 is 0.559 bits per heavy atom. The molecular weight excluding hydrogens is 424 g/mol. The maximum Gasteiger partial charge on any atom is 0.203 e. The number of para-hydroxylation sites is 1. The molecule has 4 rings (SSSR count). The van der Waals surface area contributed by atoms with Gasteiger partial charge in [0.2, 0.25) is 5.75 Å². The molecule has 4 nitrogen and oxygen atoms in total. The predicted molar refractivity (Wildman–Crippen MR) is 136 cm³/mol. The van der Waals surface area contributed by atoms with Gasteiger partial charge in [0.1, 0.15) is 11.9 Å². The lowest BCUT2D eigenvalue weighted by Crippen LogP contribution is -2.22. The molecule has 0 aliphatic carbocycles. The highest BCUT2D eigenvalue weighted by molar-refractivity contribution is 5.71. The summed E-state index contributed by atoms with van der Waals surface area (Å²) in [5.74, 6) is 2.74. The minimum atomic E-state index is -0.00000962. The van der Waals surface area contributed by atoms with E-state index in [-0.39, 0.29) is 6.10 Å². The van der Waals surface area contributed by atoms with Gasteiger partial charge in [-0.2, -0.15) is 0 Å². The second kappa shape index (κ2) is 11.3. The topological polar surface area (TPSA) is 36.9 Å². The molecule has 0 bridgehead atoms. The number of benzene rings is 4. The van der Waals surface area contributed by atoms with E-state index in [0.29, 0.717) is 17.2 Å². The largest absolute Gasteiger partial charge is 0.493 e. The number of hydrogen-bond donors (Lipinski definition) is 0. The molecule has 0 aliphatic rings. The van der Waals surface area contributed by atoms with Crippen molar-refractivity contribution < 1.29 is 18.9 Å². The van der Waals surface area contributed by atoms with Crippen molar-refractivity contribution in [2.45, 2.75) is 18.9 Å². The molecule has 1 atom stereocenters. The Kier molecular flexibility index (Phi) is 7.71. The average molecular weight is 455 g/mol. The van der Waals surface area contributed by atoms with Crippen LogP contribution >= 0.6 is 0 Å². The van der Waals surface area contributed by atoms with E-state index < -0.39 is 0 Å². The van der Waals surface area contributed by atoms with E-state index >= 15 is 0 Å². The maximum absolute atomic E-state index is 6.41. The van der Waals surface area contributed by atoms with E-state index in [9.17, 15) is 0 Å². The monoisotopic (exact) mass is 454 g/mol. The Hall–Kier alpha value is -3.92. The summed E-state index contributed by atoms with van der Waals surface area (Å²) < 4.78 is 23.0. The predicted octanol–water partition coefficient (Wildman–Crippen LogP) is 6.61. The van der Waals surface area contributed by atoms with E-state index in [2.05, 4.69) is 48.5 Å². The van der Waals surface area contributed by atoms with Crippen LogP contribution in [-0.4, -0.2) is 27.4 Å². The van der Waals surface area contributed by atoms with Crippen molar-refractivity contribution in [1.29, 1.82) is 0 Å². The van der Waals surface area contributed by atoms with Gasteiger partial charge in [0.15, 0.2) is 11.5 Å². The lowest BCUT2D eigenvalue weighted by molar-refractivity contribution is 0.202. The standard InChI is InChI=1S/C30H30O4/c1-31-28-20-25(21-29(32-2)30(28)33-3)24-14-10-13-23(17-24)19-27(18-22-11-6-4-7-12-22)34-26-15-8-5-9-16-26/h4-17,20-21,27H,18-19H2,1-3H3. The van der Waals surface area contributed by atoms with E-state index in [4.69, 9.17) is 18.9 Å². The fourth-order valence-corrected chi connectivity index (χ4v) is 4.11. The summed E-state index contributed by atoms with van der Waals surface area (Å²) in [6, 6.07) is 32.9. The molecule has 4 aromatic carbocycles. The van der Waals surface area contributed by atoms with Crippen molar-refractivity contribution in [3.05, 3.63) is 108 Å². The Balaban J connectivity index is 1.62. The number of rotatable bonds is 10.